The van der Waals surface area contributed by atoms with Crippen molar-refractivity contribution in [2.75, 3.05) is 37.9 Å². The van der Waals surface area contributed by atoms with E-state index < -0.39 is 5.60 Å². The van der Waals surface area contributed by atoms with Gasteiger partial charge in [0.15, 0.2) is 17.0 Å². The Kier molecular flexibility index (Phi) is 4.31. The van der Waals surface area contributed by atoms with E-state index in [0.29, 0.717) is 68.6 Å². The third-order valence-corrected chi connectivity index (χ3v) is 5.22. The summed E-state index contributed by atoms with van der Waals surface area (Å²) < 4.78 is 12.7. The summed E-state index contributed by atoms with van der Waals surface area (Å²) in [7, 11) is 1.86. The molecule has 9 heteroatoms. The lowest BCUT2D eigenvalue weighted by Gasteiger charge is -2.34. The summed E-state index contributed by atoms with van der Waals surface area (Å²) in [5.74, 6) is 1.29. The number of nitrogens with zero attached hydrogens (tertiary/aromatic N) is 5. The van der Waals surface area contributed by atoms with E-state index in [4.69, 9.17) is 26.1 Å². The van der Waals surface area contributed by atoms with Crippen LogP contribution in [0.3, 0.4) is 0 Å². The first-order valence-corrected chi connectivity index (χ1v) is 8.92. The van der Waals surface area contributed by atoms with Crippen LogP contribution in [0.1, 0.15) is 25.6 Å². The number of morpholine rings is 1. The first-order valence-electron chi connectivity index (χ1n) is 8.54. The molecular formula is C16H22ClN5O3. The van der Waals surface area contributed by atoms with Crippen molar-refractivity contribution in [1.29, 1.82) is 0 Å². The van der Waals surface area contributed by atoms with Gasteiger partial charge in [-0.05, 0) is 18.5 Å². The molecule has 4 heterocycles. The maximum absolute atomic E-state index is 11.1. The van der Waals surface area contributed by atoms with E-state index in [1.807, 2.05) is 11.6 Å². The van der Waals surface area contributed by atoms with Crippen molar-refractivity contribution >= 4 is 28.6 Å². The zero-order chi connectivity index (χ0) is 17.6. The molecule has 0 aliphatic carbocycles. The van der Waals surface area contributed by atoms with E-state index >= 15 is 0 Å². The van der Waals surface area contributed by atoms with Gasteiger partial charge in [0, 0.05) is 39.6 Å². The predicted octanol–water partition coefficient (Wildman–Crippen LogP) is 1.24. The smallest absolute Gasteiger partial charge is 0.226 e. The standard InChI is InChI=1S/C16H22ClN5O3/c1-10-9-25-8-5-22(10)13-11-12(19-15(17)20-13)21(2)14(18-11)16(23)3-6-24-7-4-16/h10,23H,3-9H2,1-2H3. The van der Waals surface area contributed by atoms with Gasteiger partial charge < -0.3 is 24.0 Å². The number of fused-ring (bicyclic) bond motifs is 1. The molecule has 8 nitrogen and oxygen atoms in total. The molecule has 1 unspecified atom stereocenters. The van der Waals surface area contributed by atoms with Gasteiger partial charge >= 0.3 is 0 Å². The fraction of sp³-hybridized carbons (Fsp3) is 0.688. The molecule has 0 spiro atoms. The Morgan fingerprint density at radius 2 is 1.92 bits per heavy atom. The quantitative estimate of drug-likeness (QED) is 0.799. The monoisotopic (exact) mass is 367 g/mol. The number of ether oxygens (including phenoxy) is 2. The summed E-state index contributed by atoms with van der Waals surface area (Å²) >= 11 is 6.19. The molecular weight excluding hydrogens is 346 g/mol. The van der Waals surface area contributed by atoms with E-state index in [0.717, 1.165) is 0 Å². The lowest BCUT2D eigenvalue weighted by Crippen LogP contribution is -2.44. The van der Waals surface area contributed by atoms with Gasteiger partial charge in [0.25, 0.3) is 0 Å². The second kappa shape index (κ2) is 6.35. The Hall–Kier alpha value is -1.48. The summed E-state index contributed by atoms with van der Waals surface area (Å²) in [4.78, 5) is 15.7. The van der Waals surface area contributed by atoms with Crippen LogP contribution in [-0.4, -0.2) is 63.6 Å². The van der Waals surface area contributed by atoms with E-state index in [1.165, 1.54) is 0 Å². The van der Waals surface area contributed by atoms with Crippen molar-refractivity contribution in [3.05, 3.63) is 11.1 Å². The number of rotatable bonds is 2. The van der Waals surface area contributed by atoms with Gasteiger partial charge in [0.05, 0.1) is 19.3 Å². The van der Waals surface area contributed by atoms with Crippen LogP contribution in [0, 0.1) is 0 Å². The Balaban J connectivity index is 1.86. The van der Waals surface area contributed by atoms with Gasteiger partial charge in [0.2, 0.25) is 5.28 Å². The molecule has 0 bridgehead atoms. The molecule has 2 saturated heterocycles. The van der Waals surface area contributed by atoms with Crippen LogP contribution in [0.15, 0.2) is 0 Å². The maximum Gasteiger partial charge on any atom is 0.226 e. The molecule has 0 radical (unpaired) electrons. The Bertz CT molecular complexity index is 790. The molecule has 2 aromatic heterocycles. The second-order valence-corrected chi connectivity index (χ2v) is 7.08. The number of aryl methyl sites for hydroxylation is 1. The number of hydrogen-bond acceptors (Lipinski definition) is 7. The molecule has 1 atom stereocenters. The van der Waals surface area contributed by atoms with Crippen molar-refractivity contribution in [2.24, 2.45) is 7.05 Å². The largest absolute Gasteiger partial charge is 0.382 e. The number of aliphatic hydroxyl groups is 1. The second-order valence-electron chi connectivity index (χ2n) is 6.74. The topological polar surface area (TPSA) is 85.5 Å². The van der Waals surface area contributed by atoms with Crippen molar-refractivity contribution in [2.45, 2.75) is 31.4 Å². The van der Waals surface area contributed by atoms with Crippen LogP contribution in [0.4, 0.5) is 5.82 Å². The summed E-state index contributed by atoms with van der Waals surface area (Å²) in [6.07, 6.45) is 1.02. The number of anilines is 1. The van der Waals surface area contributed by atoms with Crippen molar-refractivity contribution in [3.8, 4) is 0 Å². The van der Waals surface area contributed by atoms with Crippen LogP contribution < -0.4 is 4.90 Å². The zero-order valence-electron chi connectivity index (χ0n) is 14.4. The third kappa shape index (κ3) is 2.87. The van der Waals surface area contributed by atoms with Crippen LogP contribution in [0.5, 0.6) is 0 Å². The van der Waals surface area contributed by atoms with Crippen LogP contribution >= 0.6 is 11.6 Å². The van der Waals surface area contributed by atoms with Crippen LogP contribution in [0.2, 0.25) is 5.28 Å². The van der Waals surface area contributed by atoms with Crippen molar-refractivity contribution in [1.82, 2.24) is 19.5 Å². The van der Waals surface area contributed by atoms with Gasteiger partial charge in [0.1, 0.15) is 11.4 Å². The average Bonchev–Trinajstić information content (AvgIpc) is 2.93. The fourth-order valence-electron chi connectivity index (χ4n) is 3.61. The highest BCUT2D eigenvalue weighted by Crippen LogP contribution is 2.35. The predicted molar refractivity (Wildman–Crippen MR) is 92.9 cm³/mol. The summed E-state index contributed by atoms with van der Waals surface area (Å²) in [5.41, 5.74) is 0.271. The van der Waals surface area contributed by atoms with E-state index in [1.54, 1.807) is 0 Å². The molecule has 0 saturated carbocycles. The molecule has 1 N–H and O–H groups in total. The molecule has 2 aliphatic heterocycles. The lowest BCUT2D eigenvalue weighted by atomic mass is 9.93. The lowest BCUT2D eigenvalue weighted by molar-refractivity contribution is -0.0745. The molecule has 0 aromatic carbocycles. The van der Waals surface area contributed by atoms with Crippen LogP contribution in [0.25, 0.3) is 11.2 Å². The molecule has 25 heavy (non-hydrogen) atoms. The normalized spacial score (nSPS) is 24.0. The third-order valence-electron chi connectivity index (χ3n) is 5.05. The molecule has 4 rings (SSSR count). The van der Waals surface area contributed by atoms with E-state index in [2.05, 4.69) is 21.8 Å². The van der Waals surface area contributed by atoms with E-state index in [9.17, 15) is 5.11 Å². The average molecular weight is 368 g/mol. The minimum absolute atomic E-state index is 0.166. The summed E-state index contributed by atoms with van der Waals surface area (Å²) in [5, 5.41) is 11.2. The molecule has 2 aromatic rings. The van der Waals surface area contributed by atoms with Gasteiger partial charge in [-0.1, -0.05) is 0 Å². The summed E-state index contributed by atoms with van der Waals surface area (Å²) in [6.45, 7) is 5.09. The summed E-state index contributed by atoms with van der Waals surface area (Å²) in [6, 6.07) is 0.166. The molecule has 2 fully saturated rings. The minimum atomic E-state index is -1.02. The highest BCUT2D eigenvalue weighted by atomic mass is 35.5. The highest BCUT2D eigenvalue weighted by molar-refractivity contribution is 6.28. The highest BCUT2D eigenvalue weighted by Gasteiger charge is 2.37. The SMILES string of the molecule is CC1COCCN1c1nc(Cl)nc2c1nc(C1(O)CCOCC1)n2C. The first-order chi connectivity index (χ1) is 12.0. The van der Waals surface area contributed by atoms with Crippen LogP contribution in [-0.2, 0) is 22.1 Å². The Morgan fingerprint density at radius 3 is 2.64 bits per heavy atom. The first kappa shape index (κ1) is 17.0. The van der Waals surface area contributed by atoms with Gasteiger partial charge in [-0.25, -0.2) is 4.98 Å². The maximum atomic E-state index is 11.1. The number of imidazole rings is 1. The number of aromatic nitrogens is 4. The van der Waals surface area contributed by atoms with Crippen molar-refractivity contribution < 1.29 is 14.6 Å². The van der Waals surface area contributed by atoms with Gasteiger partial charge in [-0.3, -0.25) is 0 Å². The fourth-order valence-corrected chi connectivity index (χ4v) is 3.77. The minimum Gasteiger partial charge on any atom is -0.382 e. The number of hydrogen-bond donors (Lipinski definition) is 1. The molecule has 136 valence electrons. The number of halogens is 1. The van der Waals surface area contributed by atoms with Gasteiger partial charge in [-0.2, -0.15) is 9.97 Å². The zero-order valence-corrected chi connectivity index (χ0v) is 15.2. The Morgan fingerprint density at radius 1 is 1.16 bits per heavy atom. The Labute approximate surface area is 150 Å². The van der Waals surface area contributed by atoms with E-state index in [-0.39, 0.29) is 11.3 Å². The van der Waals surface area contributed by atoms with Gasteiger partial charge in [-0.15, -0.1) is 0 Å². The van der Waals surface area contributed by atoms with Crippen molar-refractivity contribution in [3.63, 3.8) is 0 Å². The molecule has 0 amide bonds. The molecule has 2 aliphatic rings.